The second kappa shape index (κ2) is 9.05. The second-order valence-electron chi connectivity index (χ2n) is 9.94. The number of nitrogens with zero attached hydrogens (tertiary/aromatic N) is 3. The lowest BCUT2D eigenvalue weighted by Gasteiger charge is -2.43. The van der Waals surface area contributed by atoms with Gasteiger partial charge in [-0.2, -0.15) is 0 Å². The van der Waals surface area contributed by atoms with E-state index >= 15 is 0 Å². The molecule has 2 aliphatic rings. The molecule has 37 heavy (non-hydrogen) atoms. The number of piperidine rings is 1. The van der Waals surface area contributed by atoms with E-state index in [0.717, 1.165) is 59.9 Å². The highest BCUT2D eigenvalue weighted by Gasteiger charge is 2.47. The third kappa shape index (κ3) is 3.83. The first-order valence-electron chi connectivity index (χ1n) is 12.6. The van der Waals surface area contributed by atoms with Crippen LogP contribution in [0.4, 0.5) is 11.4 Å². The van der Waals surface area contributed by atoms with E-state index in [4.69, 9.17) is 16.1 Å². The van der Waals surface area contributed by atoms with Gasteiger partial charge in [-0.05, 0) is 49.9 Å². The van der Waals surface area contributed by atoms with Crippen molar-refractivity contribution in [3.63, 3.8) is 0 Å². The van der Waals surface area contributed by atoms with Gasteiger partial charge >= 0.3 is 0 Å². The minimum Gasteiger partial charge on any atom is -0.380 e. The number of fused-ring (bicyclic) bond motifs is 2. The molecule has 1 N–H and O–H groups in total. The van der Waals surface area contributed by atoms with Gasteiger partial charge in [-0.15, -0.1) is 0 Å². The normalized spacial score (nSPS) is 19.9. The van der Waals surface area contributed by atoms with Crippen molar-refractivity contribution in [1.82, 2.24) is 5.16 Å². The molecule has 6 rings (SSSR count). The van der Waals surface area contributed by atoms with E-state index in [-0.39, 0.29) is 11.8 Å². The van der Waals surface area contributed by atoms with Crippen molar-refractivity contribution in [2.45, 2.75) is 25.4 Å². The van der Waals surface area contributed by atoms with Crippen LogP contribution in [0, 0.1) is 12.8 Å². The van der Waals surface area contributed by atoms with E-state index in [9.17, 15) is 9.90 Å². The van der Waals surface area contributed by atoms with Crippen molar-refractivity contribution in [2.75, 3.05) is 29.9 Å². The van der Waals surface area contributed by atoms with Gasteiger partial charge in [0.25, 0.3) is 5.91 Å². The van der Waals surface area contributed by atoms with Crippen LogP contribution in [0.15, 0.2) is 77.3 Å². The summed E-state index contributed by atoms with van der Waals surface area (Å²) in [5.41, 5.74) is 4.11. The molecule has 4 aromatic rings. The minimum absolute atomic E-state index is 0.0681. The molecule has 0 spiro atoms. The Hall–Kier alpha value is -3.61. The zero-order valence-electron chi connectivity index (χ0n) is 20.8. The molecule has 0 aliphatic carbocycles. The highest BCUT2D eigenvalue weighted by Crippen LogP contribution is 2.49. The molecular formula is C30H28ClN3O3. The third-order valence-electron chi connectivity index (χ3n) is 7.85. The first kappa shape index (κ1) is 23.8. The number of anilines is 2. The van der Waals surface area contributed by atoms with Crippen LogP contribution in [0.5, 0.6) is 0 Å². The lowest BCUT2D eigenvalue weighted by Crippen LogP contribution is -2.44. The first-order valence-corrected chi connectivity index (χ1v) is 12.9. The van der Waals surface area contributed by atoms with Crippen LogP contribution in [0.1, 0.15) is 40.1 Å². The van der Waals surface area contributed by atoms with Crippen molar-refractivity contribution < 1.29 is 14.4 Å². The summed E-state index contributed by atoms with van der Waals surface area (Å²) < 4.78 is 5.21. The smallest absolute Gasteiger partial charge is 0.258 e. The largest absolute Gasteiger partial charge is 0.380 e. The maximum atomic E-state index is 13.4. The van der Waals surface area contributed by atoms with Gasteiger partial charge in [0, 0.05) is 48.5 Å². The Balaban J connectivity index is 1.32. The Morgan fingerprint density at radius 2 is 1.68 bits per heavy atom. The van der Waals surface area contributed by atoms with E-state index in [0.29, 0.717) is 16.1 Å². The van der Waals surface area contributed by atoms with Crippen LogP contribution in [0.3, 0.4) is 0 Å². The molecule has 188 valence electrons. The van der Waals surface area contributed by atoms with Crippen LogP contribution in [0.2, 0.25) is 5.02 Å². The average molecular weight is 514 g/mol. The summed E-state index contributed by atoms with van der Waals surface area (Å²) in [5.74, 6) is 0.580. The Morgan fingerprint density at radius 3 is 2.38 bits per heavy atom. The lowest BCUT2D eigenvalue weighted by atomic mass is 9.70. The quantitative estimate of drug-likeness (QED) is 0.361. The van der Waals surface area contributed by atoms with Gasteiger partial charge in [0.05, 0.1) is 16.4 Å². The highest BCUT2D eigenvalue weighted by atomic mass is 35.5. The summed E-state index contributed by atoms with van der Waals surface area (Å²) in [6, 6.07) is 23.0. The summed E-state index contributed by atoms with van der Waals surface area (Å²) in [6.45, 7) is 3.34. The zero-order chi connectivity index (χ0) is 25.7. The molecule has 1 amide bonds. The van der Waals surface area contributed by atoms with Crippen LogP contribution < -0.4 is 9.80 Å². The average Bonchev–Trinajstić information content (AvgIpc) is 3.35. The molecule has 2 aliphatic heterocycles. The summed E-state index contributed by atoms with van der Waals surface area (Å²) in [5, 5.41) is 17.3. The molecule has 1 aromatic heterocycles. The number of rotatable bonds is 3. The number of amides is 1. The summed E-state index contributed by atoms with van der Waals surface area (Å²) >= 11 is 6.73. The Bertz CT molecular complexity index is 1490. The van der Waals surface area contributed by atoms with E-state index in [2.05, 4.69) is 10.1 Å². The monoisotopic (exact) mass is 513 g/mol. The molecule has 1 fully saturated rings. The van der Waals surface area contributed by atoms with Gasteiger partial charge in [0.15, 0.2) is 0 Å². The molecule has 7 heteroatoms. The number of benzene rings is 3. The first-order chi connectivity index (χ1) is 17.9. The number of hydrogen-bond donors (Lipinski definition) is 1. The molecule has 1 unspecified atom stereocenters. The molecular weight excluding hydrogens is 486 g/mol. The van der Waals surface area contributed by atoms with E-state index in [1.165, 1.54) is 0 Å². The molecule has 0 saturated carbocycles. The maximum absolute atomic E-state index is 13.4. The molecule has 1 atom stereocenters. The Kier molecular flexibility index (Phi) is 5.81. The van der Waals surface area contributed by atoms with Gasteiger partial charge < -0.3 is 19.4 Å². The number of para-hydroxylation sites is 1. The molecule has 0 bridgehead atoms. The SMILES string of the molecule is Cc1cc(-c2ccc(N3CCC(C4(O)c5ccccc5C(=O)N(C)c5ccccc54)CC3)c(Cl)c2)no1. The minimum atomic E-state index is -1.28. The van der Waals surface area contributed by atoms with Crippen molar-refractivity contribution in [3.8, 4) is 11.3 Å². The number of aliphatic hydroxyl groups is 1. The van der Waals surface area contributed by atoms with Crippen LogP contribution >= 0.6 is 11.6 Å². The van der Waals surface area contributed by atoms with Crippen LogP contribution in [0.25, 0.3) is 11.3 Å². The van der Waals surface area contributed by atoms with Gasteiger partial charge in [0.1, 0.15) is 17.1 Å². The number of aromatic nitrogens is 1. The summed E-state index contributed by atoms with van der Waals surface area (Å²) in [6.07, 6.45) is 1.50. The van der Waals surface area contributed by atoms with E-state index in [1.54, 1.807) is 11.9 Å². The third-order valence-corrected chi connectivity index (χ3v) is 8.15. The van der Waals surface area contributed by atoms with E-state index in [1.807, 2.05) is 79.7 Å². The fourth-order valence-electron chi connectivity index (χ4n) is 5.93. The number of carbonyl (C=O) groups is 1. The van der Waals surface area contributed by atoms with Gasteiger partial charge in [-0.25, -0.2) is 0 Å². The Morgan fingerprint density at radius 1 is 0.973 bits per heavy atom. The van der Waals surface area contributed by atoms with Crippen molar-refractivity contribution in [1.29, 1.82) is 0 Å². The second-order valence-corrected chi connectivity index (χ2v) is 10.4. The van der Waals surface area contributed by atoms with E-state index < -0.39 is 5.60 Å². The van der Waals surface area contributed by atoms with Gasteiger partial charge in [0.2, 0.25) is 0 Å². The van der Waals surface area contributed by atoms with Crippen molar-refractivity contribution in [3.05, 3.63) is 100 Å². The number of carbonyl (C=O) groups excluding carboxylic acids is 1. The number of halogens is 1. The molecule has 6 nitrogen and oxygen atoms in total. The fraction of sp³-hybridized carbons (Fsp3) is 0.267. The predicted octanol–water partition coefficient (Wildman–Crippen LogP) is 6.05. The van der Waals surface area contributed by atoms with Crippen LogP contribution in [-0.4, -0.2) is 36.3 Å². The van der Waals surface area contributed by atoms with Crippen molar-refractivity contribution in [2.24, 2.45) is 5.92 Å². The number of aryl methyl sites for hydroxylation is 1. The van der Waals surface area contributed by atoms with Gasteiger partial charge in [-0.1, -0.05) is 59.2 Å². The van der Waals surface area contributed by atoms with Gasteiger partial charge in [-0.3, -0.25) is 4.79 Å². The zero-order valence-corrected chi connectivity index (χ0v) is 21.6. The molecule has 0 radical (unpaired) electrons. The molecule has 1 saturated heterocycles. The van der Waals surface area contributed by atoms with Crippen molar-refractivity contribution >= 4 is 28.9 Å². The maximum Gasteiger partial charge on any atom is 0.258 e. The number of hydrogen-bond acceptors (Lipinski definition) is 5. The fourth-order valence-corrected chi connectivity index (χ4v) is 6.23. The molecule has 3 aromatic carbocycles. The predicted molar refractivity (Wildman–Crippen MR) is 145 cm³/mol. The summed E-state index contributed by atoms with van der Waals surface area (Å²) in [7, 11) is 1.78. The lowest BCUT2D eigenvalue weighted by molar-refractivity contribution is 0.00555. The summed E-state index contributed by atoms with van der Waals surface area (Å²) in [4.78, 5) is 17.3. The Labute approximate surface area is 221 Å². The molecule has 3 heterocycles. The highest BCUT2D eigenvalue weighted by molar-refractivity contribution is 6.33. The topological polar surface area (TPSA) is 69.8 Å². The van der Waals surface area contributed by atoms with Crippen LogP contribution in [-0.2, 0) is 5.60 Å². The standard InChI is InChI=1S/C30H28ClN3O3/c1-19-17-26(32-37-19)20-11-12-28(25(31)18-20)34-15-13-21(14-16-34)30(36)23-8-4-3-7-22(23)29(35)33(2)27-10-6-5-9-24(27)30/h3-12,17-18,21,36H,13-16H2,1-2H3.